The van der Waals surface area contributed by atoms with Gasteiger partial charge in [0.25, 0.3) is 0 Å². The zero-order valence-corrected chi connectivity index (χ0v) is 17.9. The molecule has 0 aliphatic rings. The van der Waals surface area contributed by atoms with Crippen molar-refractivity contribution in [1.29, 1.82) is 0 Å². The van der Waals surface area contributed by atoms with Gasteiger partial charge in [-0.1, -0.05) is 108 Å². The van der Waals surface area contributed by atoms with Gasteiger partial charge in [0.2, 0.25) is 0 Å². The zero-order chi connectivity index (χ0) is 18.0. The van der Waals surface area contributed by atoms with E-state index in [1.165, 1.54) is 10.4 Å². The van der Waals surface area contributed by atoms with Crippen LogP contribution in [0.15, 0.2) is 72.6 Å². The van der Waals surface area contributed by atoms with Crippen molar-refractivity contribution < 1.29 is 4.43 Å². The molecule has 2 aromatic rings. The molecule has 0 aromatic heterocycles. The zero-order valence-electron chi connectivity index (χ0n) is 15.9. The van der Waals surface area contributed by atoms with Crippen LogP contribution in [0, 0.1) is 0 Å². The number of benzene rings is 2. The average molecular weight is 355 g/mol. The molecule has 24 heavy (non-hydrogen) atoms. The molecular formula is C21H30OSi2. The van der Waals surface area contributed by atoms with E-state index in [2.05, 4.69) is 108 Å². The topological polar surface area (TPSA) is 9.23 Å². The third kappa shape index (κ3) is 3.57. The van der Waals surface area contributed by atoms with Crippen LogP contribution in [-0.2, 0) is 4.43 Å². The summed E-state index contributed by atoms with van der Waals surface area (Å²) in [6, 6.07) is 21.5. The summed E-state index contributed by atoms with van der Waals surface area (Å²) in [6.07, 6.45) is 0. The van der Waals surface area contributed by atoms with Gasteiger partial charge in [-0.3, -0.25) is 0 Å². The van der Waals surface area contributed by atoms with Crippen molar-refractivity contribution in [3.63, 3.8) is 0 Å². The molecule has 0 radical (unpaired) electrons. The molecule has 0 saturated heterocycles. The molecule has 0 aliphatic heterocycles. The quantitative estimate of drug-likeness (QED) is 0.545. The van der Waals surface area contributed by atoms with Crippen molar-refractivity contribution in [2.24, 2.45) is 0 Å². The van der Waals surface area contributed by atoms with E-state index >= 15 is 0 Å². The van der Waals surface area contributed by atoms with E-state index in [9.17, 15) is 0 Å². The predicted molar refractivity (Wildman–Crippen MR) is 111 cm³/mol. The highest BCUT2D eigenvalue weighted by atomic mass is 28.4. The Labute approximate surface area is 149 Å². The summed E-state index contributed by atoms with van der Waals surface area (Å²) in [5.74, 6) is 0. The molecule has 0 spiro atoms. The van der Waals surface area contributed by atoms with E-state index in [1.807, 2.05) is 0 Å². The molecule has 0 aliphatic carbocycles. The molecule has 2 aromatic carbocycles. The summed E-state index contributed by atoms with van der Waals surface area (Å²) in [4.78, 5) is 0. The van der Waals surface area contributed by atoms with Crippen molar-refractivity contribution in [2.75, 3.05) is 0 Å². The summed E-state index contributed by atoms with van der Waals surface area (Å²) >= 11 is 0. The van der Waals surface area contributed by atoms with Gasteiger partial charge in [-0.25, -0.2) is 0 Å². The van der Waals surface area contributed by atoms with Crippen LogP contribution in [0.5, 0.6) is 0 Å². The molecule has 0 saturated carbocycles. The minimum absolute atomic E-state index is 0.00169. The second kappa shape index (κ2) is 6.73. The largest absolute Gasteiger partial charge is 0.542 e. The summed E-state index contributed by atoms with van der Waals surface area (Å²) < 4.78 is 6.95. The molecule has 0 amide bonds. The van der Waals surface area contributed by atoms with Crippen LogP contribution >= 0.6 is 0 Å². The van der Waals surface area contributed by atoms with Gasteiger partial charge >= 0.3 is 8.32 Å². The van der Waals surface area contributed by atoms with Gasteiger partial charge in [0.05, 0.1) is 5.38 Å². The van der Waals surface area contributed by atoms with Crippen LogP contribution in [0.2, 0.25) is 24.7 Å². The normalized spacial score (nSPS) is 12.8. The lowest BCUT2D eigenvalue weighted by atomic mass is 10.2. The van der Waals surface area contributed by atoms with Crippen molar-refractivity contribution in [3.8, 4) is 0 Å². The van der Waals surface area contributed by atoms with Crippen molar-refractivity contribution in [3.05, 3.63) is 72.6 Å². The molecule has 0 bridgehead atoms. The van der Waals surface area contributed by atoms with Gasteiger partial charge in [-0.15, -0.1) is 0 Å². The molecule has 0 heterocycles. The number of rotatable bonds is 5. The van der Waals surface area contributed by atoms with E-state index in [-0.39, 0.29) is 5.04 Å². The first-order chi connectivity index (χ1) is 11.1. The van der Waals surface area contributed by atoms with Gasteiger partial charge < -0.3 is 4.43 Å². The Morgan fingerprint density at radius 3 is 1.46 bits per heavy atom. The van der Waals surface area contributed by atoms with Gasteiger partial charge in [0.1, 0.15) is 8.07 Å². The first-order valence-electron chi connectivity index (χ1n) is 8.58. The van der Waals surface area contributed by atoms with Crippen LogP contribution in [0.25, 0.3) is 0 Å². The van der Waals surface area contributed by atoms with Crippen LogP contribution in [0.4, 0.5) is 0 Å². The highest BCUT2D eigenvalue weighted by Crippen LogP contribution is 2.38. The molecule has 0 atom stereocenters. The lowest BCUT2D eigenvalue weighted by Gasteiger charge is -2.45. The van der Waals surface area contributed by atoms with Gasteiger partial charge in [-0.2, -0.15) is 0 Å². The Morgan fingerprint density at radius 1 is 0.792 bits per heavy atom. The predicted octanol–water partition coefficient (Wildman–Crippen LogP) is 4.95. The maximum atomic E-state index is 6.95. The van der Waals surface area contributed by atoms with Crippen molar-refractivity contribution in [1.82, 2.24) is 0 Å². The minimum atomic E-state index is -2.49. The highest BCUT2D eigenvalue weighted by Gasteiger charge is 2.52. The third-order valence-electron chi connectivity index (χ3n) is 4.53. The Kier molecular flexibility index (Phi) is 5.26. The summed E-state index contributed by atoms with van der Waals surface area (Å²) in [5.41, 5.74) is 0. The third-order valence-corrected chi connectivity index (χ3v) is 11.5. The van der Waals surface area contributed by atoms with Crippen molar-refractivity contribution in [2.45, 2.75) is 45.5 Å². The standard InChI is InChI=1S/C21H30OSi2/c1-18(23(5,6)7)22-24(21(2,3)4,19-14-10-8-11-15-19)20-16-12-9-13-17-20/h8-17H,1H2,2-7H3. The Hall–Kier alpha value is -1.59. The second-order valence-electron chi connectivity index (χ2n) is 8.44. The fourth-order valence-corrected chi connectivity index (χ4v) is 8.97. The molecule has 3 heteroatoms. The summed E-state index contributed by atoms with van der Waals surface area (Å²) in [6.45, 7) is 18.2. The fraction of sp³-hybridized carbons (Fsp3) is 0.333. The fourth-order valence-electron chi connectivity index (χ4n) is 2.99. The van der Waals surface area contributed by atoms with E-state index in [1.54, 1.807) is 0 Å². The van der Waals surface area contributed by atoms with Gasteiger partial charge in [0, 0.05) is 0 Å². The van der Waals surface area contributed by atoms with Crippen LogP contribution in [-0.4, -0.2) is 16.4 Å². The highest BCUT2D eigenvalue weighted by molar-refractivity contribution is 7.00. The van der Waals surface area contributed by atoms with Crippen LogP contribution in [0.3, 0.4) is 0 Å². The average Bonchev–Trinajstić information content (AvgIpc) is 2.52. The molecule has 0 fully saturated rings. The lowest BCUT2D eigenvalue weighted by molar-refractivity contribution is 0.425. The first kappa shape index (κ1) is 18.7. The monoisotopic (exact) mass is 354 g/mol. The van der Waals surface area contributed by atoms with E-state index in [4.69, 9.17) is 4.43 Å². The van der Waals surface area contributed by atoms with E-state index in [0.29, 0.717) is 0 Å². The summed E-state index contributed by atoms with van der Waals surface area (Å²) in [7, 11) is -4.08. The molecular weight excluding hydrogens is 324 g/mol. The van der Waals surface area contributed by atoms with Crippen LogP contribution in [0.1, 0.15) is 20.8 Å². The Morgan fingerprint density at radius 2 is 1.17 bits per heavy atom. The molecule has 1 nitrogen and oxygen atoms in total. The Balaban J connectivity index is 2.73. The van der Waals surface area contributed by atoms with Gasteiger partial charge in [0.15, 0.2) is 0 Å². The van der Waals surface area contributed by atoms with Gasteiger partial charge in [-0.05, 0) is 15.4 Å². The lowest BCUT2D eigenvalue weighted by Crippen LogP contribution is -2.67. The molecule has 2 rings (SSSR count). The van der Waals surface area contributed by atoms with E-state index in [0.717, 1.165) is 5.38 Å². The summed E-state index contributed by atoms with van der Waals surface area (Å²) in [5, 5.41) is 3.61. The maximum absolute atomic E-state index is 6.95. The SMILES string of the molecule is C=C(O[Si](c1ccccc1)(c1ccccc1)C(C)(C)C)[Si](C)(C)C. The molecule has 128 valence electrons. The molecule has 0 unspecified atom stereocenters. The van der Waals surface area contributed by atoms with Crippen LogP contribution < -0.4 is 10.4 Å². The smallest absolute Gasteiger partial charge is 0.318 e. The molecule has 0 N–H and O–H groups in total. The Bertz CT molecular complexity index is 640. The minimum Gasteiger partial charge on any atom is -0.542 e. The second-order valence-corrected chi connectivity index (χ2v) is 17.7. The first-order valence-corrected chi connectivity index (χ1v) is 14.0. The van der Waals surface area contributed by atoms with E-state index < -0.39 is 16.4 Å². The van der Waals surface area contributed by atoms with Crippen molar-refractivity contribution >= 4 is 26.8 Å². The number of hydrogen-bond acceptors (Lipinski definition) is 1. The number of hydrogen-bond donors (Lipinski definition) is 0. The maximum Gasteiger partial charge on any atom is 0.318 e.